The van der Waals surface area contributed by atoms with Gasteiger partial charge in [-0.25, -0.2) is 0 Å². The maximum absolute atomic E-state index is 3.28. The van der Waals surface area contributed by atoms with Gasteiger partial charge in [-0.3, -0.25) is 19.8 Å². The van der Waals surface area contributed by atoms with Crippen LogP contribution >= 0.6 is 0 Å². The summed E-state index contributed by atoms with van der Waals surface area (Å²) in [5.74, 6) is 0. The van der Waals surface area contributed by atoms with Gasteiger partial charge >= 0.3 is 0 Å². The number of hydrogen-bond acceptors (Lipinski definition) is 5. The smallest absolute Gasteiger partial charge is 0.154 e. The van der Waals surface area contributed by atoms with Crippen molar-refractivity contribution in [2.75, 3.05) is 34.7 Å². The van der Waals surface area contributed by atoms with Crippen LogP contribution < -0.4 is 5.53 Å². The topological polar surface area (TPSA) is 25.0 Å². The first-order valence-corrected chi connectivity index (χ1v) is 4.88. The summed E-state index contributed by atoms with van der Waals surface area (Å²) >= 11 is 0. The maximum atomic E-state index is 3.28. The normalized spacial score (nSPS) is 16.9. The van der Waals surface area contributed by atoms with Gasteiger partial charge in [-0.15, -0.1) is 5.53 Å². The molecule has 82 valence electrons. The van der Waals surface area contributed by atoms with Crippen molar-refractivity contribution in [3.05, 3.63) is 12.4 Å². The molecule has 5 nitrogen and oxygen atoms in total. The zero-order valence-electron chi connectivity index (χ0n) is 9.73. The molecule has 1 aliphatic heterocycles. The molecule has 1 rings (SSSR count). The lowest BCUT2D eigenvalue weighted by Crippen LogP contribution is -2.56. The Morgan fingerprint density at radius 2 is 1.71 bits per heavy atom. The molecule has 0 amide bonds. The molecule has 5 heteroatoms. The minimum atomic E-state index is 0.225. The molecule has 0 bridgehead atoms. The number of nitrogens with one attached hydrogen (secondary N) is 1. The zero-order chi connectivity index (χ0) is 10.7. The van der Waals surface area contributed by atoms with Crippen molar-refractivity contribution >= 4 is 0 Å². The molecule has 0 unspecified atom stereocenters. The molecule has 0 aromatic rings. The van der Waals surface area contributed by atoms with E-state index in [4.69, 9.17) is 0 Å². The highest BCUT2D eigenvalue weighted by molar-refractivity contribution is 4.87. The van der Waals surface area contributed by atoms with E-state index in [1.165, 1.54) is 0 Å². The van der Waals surface area contributed by atoms with E-state index < -0.39 is 0 Å². The standard InChI is InChI=1S/C9H21N5/c1-6-13-7-8-14(10-13)9(11(2)3)12(4)5/h7-10H,6H2,1-5H3. The molecule has 0 spiro atoms. The van der Waals surface area contributed by atoms with Crippen molar-refractivity contribution in [3.63, 3.8) is 0 Å². The van der Waals surface area contributed by atoms with Crippen LogP contribution in [0.4, 0.5) is 0 Å². The first kappa shape index (κ1) is 11.3. The van der Waals surface area contributed by atoms with Gasteiger partial charge in [0.05, 0.1) is 0 Å². The molecule has 14 heavy (non-hydrogen) atoms. The fourth-order valence-corrected chi connectivity index (χ4v) is 1.63. The molecule has 0 saturated carbocycles. The summed E-state index contributed by atoms with van der Waals surface area (Å²) in [7, 11) is 8.26. The largest absolute Gasteiger partial charge is 0.297 e. The third kappa shape index (κ3) is 2.37. The van der Waals surface area contributed by atoms with E-state index in [1.807, 2.05) is 17.4 Å². The predicted octanol–water partition coefficient (Wildman–Crippen LogP) is -0.0785. The Balaban J connectivity index is 2.59. The van der Waals surface area contributed by atoms with E-state index in [0.717, 1.165) is 6.54 Å². The van der Waals surface area contributed by atoms with Gasteiger partial charge in [-0.2, -0.15) is 0 Å². The van der Waals surface area contributed by atoms with Crippen LogP contribution in [0.25, 0.3) is 0 Å². The van der Waals surface area contributed by atoms with E-state index >= 15 is 0 Å². The fourth-order valence-electron chi connectivity index (χ4n) is 1.63. The molecule has 0 fully saturated rings. The van der Waals surface area contributed by atoms with Crippen LogP contribution in [0.5, 0.6) is 0 Å². The number of rotatable bonds is 4. The van der Waals surface area contributed by atoms with Crippen molar-refractivity contribution in [2.45, 2.75) is 13.2 Å². The van der Waals surface area contributed by atoms with Crippen LogP contribution in [-0.4, -0.2) is 60.8 Å². The number of hydrazine groups is 2. The van der Waals surface area contributed by atoms with E-state index in [-0.39, 0.29) is 6.29 Å². The summed E-state index contributed by atoms with van der Waals surface area (Å²) in [6.45, 7) is 3.07. The second kappa shape index (κ2) is 4.63. The van der Waals surface area contributed by atoms with Crippen LogP contribution in [0.3, 0.4) is 0 Å². The Labute approximate surface area is 86.5 Å². The second-order valence-electron chi connectivity index (χ2n) is 3.87. The molecule has 1 N–H and O–H groups in total. The van der Waals surface area contributed by atoms with Gasteiger partial charge in [0.1, 0.15) is 0 Å². The Bertz CT molecular complexity index is 193. The van der Waals surface area contributed by atoms with Crippen molar-refractivity contribution < 1.29 is 0 Å². The Kier molecular flexibility index (Phi) is 3.74. The number of hydrogen-bond donors (Lipinski definition) is 1. The van der Waals surface area contributed by atoms with Crippen molar-refractivity contribution in [2.24, 2.45) is 0 Å². The molecule has 0 aliphatic carbocycles. The van der Waals surface area contributed by atoms with Gasteiger partial charge in [-0.1, -0.05) is 0 Å². The van der Waals surface area contributed by atoms with E-state index in [1.54, 1.807) is 0 Å². The molecule has 1 heterocycles. The highest BCUT2D eigenvalue weighted by Crippen LogP contribution is 2.08. The van der Waals surface area contributed by atoms with Crippen molar-refractivity contribution in [1.29, 1.82) is 0 Å². The van der Waals surface area contributed by atoms with E-state index in [0.29, 0.717) is 0 Å². The Morgan fingerprint density at radius 1 is 1.14 bits per heavy atom. The Hall–Kier alpha value is -0.780. The van der Waals surface area contributed by atoms with Gasteiger partial charge in [-0.05, 0) is 35.1 Å². The SMILES string of the molecule is CCN1C=CN(C(N(C)C)N(C)C)N1. The first-order valence-electron chi connectivity index (χ1n) is 4.88. The maximum Gasteiger partial charge on any atom is 0.154 e. The minimum Gasteiger partial charge on any atom is -0.297 e. The highest BCUT2D eigenvalue weighted by Gasteiger charge is 2.23. The Morgan fingerprint density at radius 3 is 2.07 bits per heavy atom. The van der Waals surface area contributed by atoms with Crippen LogP contribution in [-0.2, 0) is 0 Å². The molecule has 0 atom stereocenters. The van der Waals surface area contributed by atoms with E-state index in [9.17, 15) is 0 Å². The summed E-state index contributed by atoms with van der Waals surface area (Å²) < 4.78 is 0. The fraction of sp³-hybridized carbons (Fsp3) is 0.778. The van der Waals surface area contributed by atoms with Crippen LogP contribution in [0, 0.1) is 0 Å². The average molecular weight is 199 g/mol. The van der Waals surface area contributed by atoms with Gasteiger partial charge < -0.3 is 0 Å². The van der Waals surface area contributed by atoms with E-state index in [2.05, 4.69) is 55.5 Å². The highest BCUT2D eigenvalue weighted by atomic mass is 15.8. The summed E-state index contributed by atoms with van der Waals surface area (Å²) in [5, 5.41) is 4.11. The van der Waals surface area contributed by atoms with Gasteiger partial charge in [0.15, 0.2) is 6.29 Å². The van der Waals surface area contributed by atoms with Crippen LogP contribution in [0.2, 0.25) is 0 Å². The van der Waals surface area contributed by atoms with Crippen LogP contribution in [0.1, 0.15) is 6.92 Å². The number of nitrogens with zero attached hydrogens (tertiary/aromatic N) is 4. The molecule has 0 radical (unpaired) electrons. The lowest BCUT2D eigenvalue weighted by molar-refractivity contribution is -0.0463. The summed E-state index contributed by atoms with van der Waals surface area (Å²) in [6.07, 6.45) is 4.32. The molecule has 0 aromatic carbocycles. The molecular weight excluding hydrogens is 178 g/mol. The quantitative estimate of drug-likeness (QED) is 0.639. The monoisotopic (exact) mass is 199 g/mol. The van der Waals surface area contributed by atoms with Gasteiger partial charge in [0.25, 0.3) is 0 Å². The van der Waals surface area contributed by atoms with Crippen LogP contribution in [0.15, 0.2) is 12.4 Å². The molecule has 0 aromatic heterocycles. The van der Waals surface area contributed by atoms with Gasteiger partial charge in [0, 0.05) is 18.9 Å². The molecule has 1 aliphatic rings. The summed E-state index contributed by atoms with van der Waals surface area (Å²) in [6, 6.07) is 0. The molecular formula is C9H21N5. The van der Waals surface area contributed by atoms with Crippen molar-refractivity contribution in [3.8, 4) is 0 Å². The first-order chi connectivity index (χ1) is 6.56. The lowest BCUT2D eigenvalue weighted by Gasteiger charge is -2.38. The predicted molar refractivity (Wildman–Crippen MR) is 57.7 cm³/mol. The summed E-state index contributed by atoms with van der Waals surface area (Å²) in [5.41, 5.74) is 3.28. The average Bonchev–Trinajstić information content (AvgIpc) is 2.51. The second-order valence-corrected chi connectivity index (χ2v) is 3.87. The third-order valence-electron chi connectivity index (χ3n) is 2.16. The minimum absolute atomic E-state index is 0.225. The van der Waals surface area contributed by atoms with Crippen molar-refractivity contribution in [1.82, 2.24) is 25.4 Å². The molecule has 0 saturated heterocycles. The zero-order valence-corrected chi connectivity index (χ0v) is 9.73. The lowest BCUT2D eigenvalue weighted by atomic mass is 10.6. The summed E-state index contributed by atoms with van der Waals surface area (Å²) in [4.78, 5) is 4.30. The van der Waals surface area contributed by atoms with Gasteiger partial charge in [0.2, 0.25) is 0 Å². The third-order valence-corrected chi connectivity index (χ3v) is 2.16.